The van der Waals surface area contributed by atoms with Gasteiger partial charge in [0.1, 0.15) is 0 Å². The summed E-state index contributed by atoms with van der Waals surface area (Å²) in [5, 5.41) is 10.2. The monoisotopic (exact) mass is 312 g/mol. The molecule has 1 heterocycles. The van der Waals surface area contributed by atoms with Crippen LogP contribution >= 0.6 is 11.8 Å². The molecular formula is C15H28N4OS. The second-order valence-corrected chi connectivity index (χ2v) is 7.25. The average molecular weight is 312 g/mol. The number of carbonyl (C=O) groups is 1. The molecule has 2 rings (SSSR count). The molecule has 5 nitrogen and oxygen atoms in total. The van der Waals surface area contributed by atoms with Crippen molar-refractivity contribution >= 4 is 23.6 Å². The molecule has 0 bridgehead atoms. The largest absolute Gasteiger partial charge is 0.355 e. The molecule has 0 aromatic heterocycles. The van der Waals surface area contributed by atoms with Crippen LogP contribution in [-0.2, 0) is 4.79 Å². The third-order valence-electron chi connectivity index (χ3n) is 4.13. The third kappa shape index (κ3) is 6.16. The van der Waals surface area contributed by atoms with Crippen molar-refractivity contribution in [2.45, 2.75) is 56.2 Å². The molecule has 1 amide bonds. The van der Waals surface area contributed by atoms with Crippen molar-refractivity contribution in [3.63, 3.8) is 0 Å². The number of hydrogen-bond acceptors (Lipinski definition) is 3. The third-order valence-corrected chi connectivity index (χ3v) is 5.53. The number of nitrogens with one attached hydrogen (secondary N) is 3. The van der Waals surface area contributed by atoms with Gasteiger partial charge in [-0.3, -0.25) is 9.79 Å². The summed E-state index contributed by atoms with van der Waals surface area (Å²) in [6.45, 7) is 1.22. The van der Waals surface area contributed by atoms with Crippen molar-refractivity contribution in [1.29, 1.82) is 0 Å². The summed E-state index contributed by atoms with van der Waals surface area (Å²) in [5.74, 6) is 2.06. The molecule has 21 heavy (non-hydrogen) atoms. The Morgan fingerprint density at radius 2 is 1.95 bits per heavy atom. The van der Waals surface area contributed by atoms with Crippen LogP contribution in [-0.4, -0.2) is 49.0 Å². The van der Waals surface area contributed by atoms with Crippen LogP contribution in [0.4, 0.5) is 0 Å². The van der Waals surface area contributed by atoms with Crippen LogP contribution in [0.1, 0.15) is 44.9 Å². The highest BCUT2D eigenvalue weighted by Crippen LogP contribution is 2.25. The Kier molecular flexibility index (Phi) is 7.19. The molecule has 0 radical (unpaired) electrons. The highest BCUT2D eigenvalue weighted by atomic mass is 32.2. The molecule has 1 unspecified atom stereocenters. The van der Waals surface area contributed by atoms with Crippen LogP contribution in [0.25, 0.3) is 0 Å². The van der Waals surface area contributed by atoms with Gasteiger partial charge in [-0.15, -0.1) is 0 Å². The smallest absolute Gasteiger partial charge is 0.239 e. The Morgan fingerprint density at radius 3 is 2.62 bits per heavy atom. The van der Waals surface area contributed by atoms with Crippen LogP contribution in [0.3, 0.4) is 0 Å². The Bertz CT molecular complexity index is 350. The molecule has 6 heteroatoms. The number of rotatable bonds is 5. The van der Waals surface area contributed by atoms with Gasteiger partial charge in [-0.2, -0.15) is 11.8 Å². The molecule has 1 atom stereocenters. The van der Waals surface area contributed by atoms with E-state index >= 15 is 0 Å². The lowest BCUT2D eigenvalue weighted by Gasteiger charge is -2.23. The summed E-state index contributed by atoms with van der Waals surface area (Å²) in [6, 6.07) is 0.373. The first kappa shape index (κ1) is 16.5. The topological polar surface area (TPSA) is 65.5 Å². The normalized spacial score (nSPS) is 23.9. The number of amides is 1. The minimum absolute atomic E-state index is 0.0695. The van der Waals surface area contributed by atoms with Crippen LogP contribution in [0.15, 0.2) is 4.99 Å². The van der Waals surface area contributed by atoms with E-state index in [4.69, 9.17) is 0 Å². The molecule has 1 aliphatic carbocycles. The predicted molar refractivity (Wildman–Crippen MR) is 89.9 cm³/mol. The van der Waals surface area contributed by atoms with E-state index in [1.165, 1.54) is 37.9 Å². The van der Waals surface area contributed by atoms with Crippen molar-refractivity contribution in [2.75, 3.05) is 25.9 Å². The van der Waals surface area contributed by atoms with Crippen molar-refractivity contribution < 1.29 is 4.79 Å². The zero-order valence-electron chi connectivity index (χ0n) is 13.0. The van der Waals surface area contributed by atoms with Crippen molar-refractivity contribution in [2.24, 2.45) is 4.99 Å². The quantitative estimate of drug-likeness (QED) is 0.532. The van der Waals surface area contributed by atoms with Gasteiger partial charge >= 0.3 is 0 Å². The highest BCUT2D eigenvalue weighted by molar-refractivity contribution is 8.00. The minimum atomic E-state index is 0.0695. The van der Waals surface area contributed by atoms with E-state index in [9.17, 15) is 4.79 Å². The number of thioether (sulfide) groups is 1. The standard InChI is InChI=1S/C15H28N4OS/c1-16-15(17-10-13-8-5-9-21-13)18-11-14(20)19-12-6-3-2-4-7-12/h12-13H,2-11H2,1H3,(H,19,20)(H2,16,17,18). The second-order valence-electron chi connectivity index (χ2n) is 5.84. The zero-order chi connectivity index (χ0) is 14.9. The molecule has 0 aromatic rings. The lowest BCUT2D eigenvalue weighted by molar-refractivity contribution is -0.120. The van der Waals surface area contributed by atoms with E-state index in [1.807, 2.05) is 11.8 Å². The lowest BCUT2D eigenvalue weighted by Crippen LogP contribution is -2.46. The Morgan fingerprint density at radius 1 is 1.14 bits per heavy atom. The van der Waals surface area contributed by atoms with Gasteiger partial charge in [-0.1, -0.05) is 19.3 Å². The number of nitrogens with zero attached hydrogens (tertiary/aromatic N) is 1. The molecule has 1 aliphatic heterocycles. The maximum Gasteiger partial charge on any atom is 0.239 e. The van der Waals surface area contributed by atoms with E-state index in [2.05, 4.69) is 20.9 Å². The number of guanidine groups is 1. The van der Waals surface area contributed by atoms with E-state index in [-0.39, 0.29) is 5.91 Å². The molecule has 1 saturated heterocycles. The van der Waals surface area contributed by atoms with Crippen LogP contribution in [0, 0.1) is 0 Å². The maximum atomic E-state index is 11.9. The molecule has 1 saturated carbocycles. The second kappa shape index (κ2) is 9.18. The Labute approximate surface area is 132 Å². The van der Waals surface area contributed by atoms with Gasteiger partial charge in [0.05, 0.1) is 6.54 Å². The minimum Gasteiger partial charge on any atom is -0.355 e. The van der Waals surface area contributed by atoms with Gasteiger partial charge in [0.25, 0.3) is 0 Å². The summed E-state index contributed by atoms with van der Waals surface area (Å²) in [6.07, 6.45) is 8.61. The van der Waals surface area contributed by atoms with Crippen molar-refractivity contribution in [3.8, 4) is 0 Å². The molecule has 3 N–H and O–H groups in total. The Hall–Kier alpha value is -0.910. The highest BCUT2D eigenvalue weighted by Gasteiger charge is 2.17. The van der Waals surface area contributed by atoms with Gasteiger partial charge in [0, 0.05) is 24.9 Å². The molecule has 2 fully saturated rings. The fourth-order valence-corrected chi connectivity index (χ4v) is 4.13. The van der Waals surface area contributed by atoms with Gasteiger partial charge in [-0.25, -0.2) is 0 Å². The first-order chi connectivity index (χ1) is 10.3. The molecular weight excluding hydrogens is 284 g/mol. The van der Waals surface area contributed by atoms with Crippen LogP contribution in [0.2, 0.25) is 0 Å². The zero-order valence-corrected chi connectivity index (χ0v) is 13.8. The average Bonchev–Trinajstić information content (AvgIpc) is 3.02. The molecule has 2 aliphatic rings. The van der Waals surface area contributed by atoms with E-state index in [0.29, 0.717) is 17.8 Å². The SMILES string of the molecule is CN=C(NCC(=O)NC1CCCCC1)NCC1CCCS1. The lowest BCUT2D eigenvalue weighted by atomic mass is 9.95. The van der Waals surface area contributed by atoms with E-state index in [0.717, 1.165) is 25.3 Å². The van der Waals surface area contributed by atoms with Gasteiger partial charge in [-0.05, 0) is 31.4 Å². The summed E-state index contributed by atoms with van der Waals surface area (Å²) in [5.41, 5.74) is 0. The van der Waals surface area contributed by atoms with E-state index in [1.54, 1.807) is 7.05 Å². The van der Waals surface area contributed by atoms with Crippen molar-refractivity contribution in [1.82, 2.24) is 16.0 Å². The first-order valence-electron chi connectivity index (χ1n) is 8.13. The number of carbonyl (C=O) groups excluding carboxylic acids is 1. The summed E-state index contributed by atoms with van der Waals surface area (Å²) in [7, 11) is 1.75. The summed E-state index contributed by atoms with van der Waals surface area (Å²) < 4.78 is 0. The molecule has 120 valence electrons. The fourth-order valence-electron chi connectivity index (χ4n) is 2.93. The summed E-state index contributed by atoms with van der Waals surface area (Å²) in [4.78, 5) is 16.1. The van der Waals surface area contributed by atoms with Gasteiger partial charge in [0.15, 0.2) is 5.96 Å². The molecule has 0 aromatic carbocycles. The van der Waals surface area contributed by atoms with E-state index < -0.39 is 0 Å². The number of hydrogen-bond donors (Lipinski definition) is 3. The first-order valence-corrected chi connectivity index (χ1v) is 9.18. The maximum absolute atomic E-state index is 11.9. The van der Waals surface area contributed by atoms with Gasteiger partial charge < -0.3 is 16.0 Å². The summed E-state index contributed by atoms with van der Waals surface area (Å²) >= 11 is 2.02. The number of aliphatic imine (C=N–C) groups is 1. The van der Waals surface area contributed by atoms with Crippen molar-refractivity contribution in [3.05, 3.63) is 0 Å². The fraction of sp³-hybridized carbons (Fsp3) is 0.867. The molecule has 0 spiro atoms. The van der Waals surface area contributed by atoms with Gasteiger partial charge in [0.2, 0.25) is 5.91 Å². The van der Waals surface area contributed by atoms with Crippen LogP contribution in [0.5, 0.6) is 0 Å². The Balaban J connectivity index is 1.61. The predicted octanol–water partition coefficient (Wildman–Crippen LogP) is 1.50. The van der Waals surface area contributed by atoms with Crippen LogP contribution < -0.4 is 16.0 Å².